The largest absolute Gasteiger partial charge is 0.508 e. The van der Waals surface area contributed by atoms with Crippen molar-refractivity contribution in [3.8, 4) is 5.75 Å². The highest BCUT2D eigenvalue weighted by atomic mass is 32.2. The minimum Gasteiger partial charge on any atom is -0.508 e. The summed E-state index contributed by atoms with van der Waals surface area (Å²) in [6.07, 6.45) is 7.75. The lowest BCUT2D eigenvalue weighted by atomic mass is 10.0. The van der Waals surface area contributed by atoms with Crippen LogP contribution in [0.5, 0.6) is 5.75 Å². The summed E-state index contributed by atoms with van der Waals surface area (Å²) in [5.41, 5.74) is 8.22. The molecule has 0 saturated carbocycles. The topological polar surface area (TPSA) is 276 Å². The number of Topliss-reactive ketones (excluding diaryl/α,β-unsaturated/α-hetero) is 1. The third kappa shape index (κ3) is 19.1. The number of ether oxygens (including phenoxy) is 1. The number of urea groups is 1. The fourth-order valence-electron chi connectivity index (χ4n) is 8.37. The van der Waals surface area contributed by atoms with Gasteiger partial charge in [-0.2, -0.15) is 11.8 Å². The predicted octanol–water partition coefficient (Wildman–Crippen LogP) is 3.27. The van der Waals surface area contributed by atoms with Crippen LogP contribution in [-0.2, 0) is 39.9 Å². The van der Waals surface area contributed by atoms with Crippen molar-refractivity contribution in [1.29, 1.82) is 0 Å². The number of hydrogen-bond donors (Lipinski definition) is 9. The van der Waals surface area contributed by atoms with Crippen molar-refractivity contribution in [3.63, 3.8) is 0 Å². The zero-order chi connectivity index (χ0) is 49.4. The van der Waals surface area contributed by atoms with E-state index in [2.05, 4.69) is 37.2 Å². The van der Waals surface area contributed by atoms with Crippen LogP contribution in [0.3, 0.4) is 0 Å². The Balaban J connectivity index is 1.18. The monoisotopic (exact) mass is 965 g/mol. The van der Waals surface area contributed by atoms with Gasteiger partial charge in [0.05, 0.1) is 23.7 Å². The molecule has 2 heterocycles. The zero-order valence-electron chi connectivity index (χ0n) is 39.8. The van der Waals surface area contributed by atoms with Gasteiger partial charge >= 0.3 is 12.0 Å². The van der Waals surface area contributed by atoms with E-state index in [0.29, 0.717) is 87.3 Å². The van der Waals surface area contributed by atoms with Gasteiger partial charge in [-0.25, -0.2) is 9.59 Å². The summed E-state index contributed by atoms with van der Waals surface area (Å²) in [5, 5.41) is 30.2. The van der Waals surface area contributed by atoms with E-state index >= 15 is 0 Å². The lowest BCUT2D eigenvalue weighted by Crippen LogP contribution is -2.54. The molecular weight excluding hydrogens is 893 g/mol. The third-order valence-electron chi connectivity index (χ3n) is 12.1. The van der Waals surface area contributed by atoms with Crippen molar-refractivity contribution in [2.45, 2.75) is 153 Å². The van der Waals surface area contributed by atoms with Gasteiger partial charge in [0, 0.05) is 50.3 Å². The first-order valence-corrected chi connectivity index (χ1v) is 25.0. The molecule has 0 radical (unpaired) electrons. The number of rotatable bonds is 31. The van der Waals surface area contributed by atoms with Crippen molar-refractivity contribution >= 4 is 59.1 Å². The van der Waals surface area contributed by atoms with Gasteiger partial charge in [-0.15, -0.1) is 0 Å². The van der Waals surface area contributed by atoms with Crippen LogP contribution in [0, 0.1) is 13.8 Å². The molecule has 10 N–H and O–H groups in total. The van der Waals surface area contributed by atoms with E-state index < -0.39 is 54.2 Å². The Morgan fingerprint density at radius 3 is 2.13 bits per heavy atom. The quantitative estimate of drug-likeness (QED) is 0.0299. The average Bonchev–Trinajstić information content (AvgIpc) is 3.86. The lowest BCUT2D eigenvalue weighted by molar-refractivity contribution is -0.131. The number of phenolic OH excluding ortho intramolecular Hbond substituents is 1. The molecule has 2 aliphatic rings. The number of ketones is 1. The van der Waals surface area contributed by atoms with Gasteiger partial charge in [0.2, 0.25) is 29.5 Å². The van der Waals surface area contributed by atoms with E-state index in [9.17, 15) is 43.5 Å². The molecule has 2 aromatic carbocycles. The Morgan fingerprint density at radius 1 is 0.750 bits per heavy atom. The first-order valence-electron chi connectivity index (χ1n) is 24.0. The van der Waals surface area contributed by atoms with E-state index in [1.807, 2.05) is 17.8 Å². The van der Waals surface area contributed by atoms with E-state index in [-0.39, 0.29) is 61.5 Å². The Kier molecular flexibility index (Phi) is 23.6. The van der Waals surface area contributed by atoms with Crippen molar-refractivity contribution in [3.05, 3.63) is 64.7 Å². The second kappa shape index (κ2) is 29.3. The molecule has 0 bridgehead atoms. The van der Waals surface area contributed by atoms with Gasteiger partial charge in [-0.3, -0.25) is 28.8 Å². The number of aryl methyl sites for hydroxylation is 2. The Bertz CT molecular complexity index is 2000. The summed E-state index contributed by atoms with van der Waals surface area (Å²) in [6, 6.07) is 9.13. The summed E-state index contributed by atoms with van der Waals surface area (Å²) < 4.78 is 5.36. The van der Waals surface area contributed by atoms with Crippen molar-refractivity contribution < 1.29 is 48.2 Å². The molecule has 19 heteroatoms. The zero-order valence-corrected chi connectivity index (χ0v) is 40.6. The van der Waals surface area contributed by atoms with Crippen LogP contribution in [0.25, 0.3) is 0 Å². The van der Waals surface area contributed by atoms with Gasteiger partial charge in [-0.05, 0) is 113 Å². The normalized spacial score (nSPS) is 17.4. The molecule has 2 fully saturated rings. The molecule has 18 nitrogen and oxygen atoms in total. The summed E-state index contributed by atoms with van der Waals surface area (Å²) in [4.78, 5) is 102. The highest BCUT2D eigenvalue weighted by Crippen LogP contribution is 2.33. The number of nitrogens with two attached hydrogens (primary N) is 1. The Labute approximate surface area is 403 Å². The number of benzene rings is 2. The molecule has 4 rings (SSSR count). The smallest absolute Gasteiger partial charge is 0.339 e. The first kappa shape index (κ1) is 54.9. The van der Waals surface area contributed by atoms with Gasteiger partial charge in [0.15, 0.2) is 12.4 Å². The second-order valence-electron chi connectivity index (χ2n) is 17.7. The molecule has 0 aromatic heterocycles. The number of esters is 1. The molecule has 374 valence electrons. The SMILES string of the molecule is CC(=O)N[C@@H](CCCCNC(=O)CCCCC1SC[C@@H]2NC(=O)N[C@H]12)C(=O)N[C@@H](Cc1ccc(O)cc1)C(=O)NCCCCCC(=O)N[C@@H](CCCCN)C(=O)COC(=O)c1c(C)cccc1C. The van der Waals surface area contributed by atoms with Crippen molar-refractivity contribution in [2.75, 3.05) is 32.0 Å². The third-order valence-corrected chi connectivity index (χ3v) is 13.6. The van der Waals surface area contributed by atoms with E-state index in [1.165, 1.54) is 19.1 Å². The Morgan fingerprint density at radius 2 is 1.41 bits per heavy atom. The minimum absolute atomic E-state index is 0.0493. The molecule has 0 spiro atoms. The molecule has 6 atom stereocenters. The number of phenols is 1. The lowest BCUT2D eigenvalue weighted by Gasteiger charge is -2.23. The number of unbranched alkanes of at least 4 members (excludes halogenated alkanes) is 5. The summed E-state index contributed by atoms with van der Waals surface area (Å²) in [6.45, 7) is 5.52. The summed E-state index contributed by atoms with van der Waals surface area (Å²) >= 11 is 1.85. The van der Waals surface area contributed by atoms with Crippen LogP contribution >= 0.6 is 11.8 Å². The summed E-state index contributed by atoms with van der Waals surface area (Å²) in [5.74, 6) is -1.83. The molecule has 0 aliphatic carbocycles. The highest BCUT2D eigenvalue weighted by molar-refractivity contribution is 8.00. The molecule has 1 unspecified atom stereocenters. The van der Waals surface area contributed by atoms with Crippen molar-refractivity contribution in [2.24, 2.45) is 5.73 Å². The number of hydrogen-bond acceptors (Lipinski definition) is 12. The maximum Gasteiger partial charge on any atom is 0.339 e. The number of nitrogens with one attached hydrogen (secondary N) is 7. The van der Waals surface area contributed by atoms with Crippen LogP contribution in [-0.4, -0.2) is 120 Å². The number of aromatic hydroxyl groups is 1. The molecule has 7 amide bonds. The van der Waals surface area contributed by atoms with Crippen LogP contribution in [0.4, 0.5) is 4.79 Å². The number of amides is 7. The standard InChI is InChI=1S/C49H72N8O10S/c1-31-14-13-15-32(2)44(31)48(65)67-29-40(60)36(16-8-10-25-50)54-43(62)20-5-4-11-27-52-46(63)38(28-34-21-23-35(59)24-22-34)55-47(64)37(53-33(3)58)17-9-12-26-51-42(61)19-7-6-18-41-45-39(30-68-41)56-49(66)57-45/h13-15,21-24,36-39,41,45,59H,4-12,16-20,25-30,50H2,1-3H3,(H,51,61)(H,52,63)(H,53,58)(H,54,62)(H,55,64)(H2,56,57,66)/t36-,37-,38-,39-,41?,45-/m0/s1. The number of thioether (sulfide) groups is 1. The number of carbonyl (C=O) groups is 8. The van der Waals surface area contributed by atoms with Crippen LogP contribution in [0.15, 0.2) is 42.5 Å². The van der Waals surface area contributed by atoms with Gasteiger partial charge in [0.25, 0.3) is 0 Å². The van der Waals surface area contributed by atoms with Gasteiger partial charge in [0.1, 0.15) is 17.8 Å². The van der Waals surface area contributed by atoms with E-state index in [4.69, 9.17) is 10.5 Å². The summed E-state index contributed by atoms with van der Waals surface area (Å²) in [7, 11) is 0. The van der Waals surface area contributed by atoms with Crippen LogP contribution in [0.2, 0.25) is 0 Å². The fraction of sp³-hybridized carbons (Fsp3) is 0.592. The van der Waals surface area contributed by atoms with Gasteiger partial charge < -0.3 is 52.8 Å². The predicted molar refractivity (Wildman–Crippen MR) is 260 cm³/mol. The Hall–Kier alpha value is -5.69. The molecule has 2 aromatic rings. The second-order valence-corrected chi connectivity index (χ2v) is 19.0. The maximum absolute atomic E-state index is 13.6. The number of carbonyl (C=O) groups excluding carboxylic acids is 8. The number of fused-ring (bicyclic) bond motifs is 1. The maximum atomic E-state index is 13.6. The van der Waals surface area contributed by atoms with E-state index in [1.54, 1.807) is 38.1 Å². The van der Waals surface area contributed by atoms with Crippen LogP contribution in [0.1, 0.15) is 124 Å². The average molecular weight is 965 g/mol. The van der Waals surface area contributed by atoms with Crippen molar-refractivity contribution in [1.82, 2.24) is 37.2 Å². The molecule has 68 heavy (non-hydrogen) atoms. The van der Waals surface area contributed by atoms with Crippen LogP contribution < -0.4 is 43.0 Å². The minimum atomic E-state index is -1.01. The molecule has 2 aliphatic heterocycles. The fourth-order valence-corrected chi connectivity index (χ4v) is 9.91. The molecule has 2 saturated heterocycles. The first-order chi connectivity index (χ1) is 32.6. The highest BCUT2D eigenvalue weighted by Gasteiger charge is 2.42. The van der Waals surface area contributed by atoms with E-state index in [0.717, 1.165) is 36.1 Å². The van der Waals surface area contributed by atoms with Gasteiger partial charge in [-0.1, -0.05) is 43.2 Å². The molecular formula is C49H72N8O10S.